The van der Waals surface area contributed by atoms with Crippen LogP contribution in [0.15, 0.2) is 72.8 Å². The van der Waals surface area contributed by atoms with Crippen molar-refractivity contribution in [2.45, 2.75) is 57.7 Å². The van der Waals surface area contributed by atoms with Gasteiger partial charge in [0.15, 0.2) is 0 Å². The lowest BCUT2D eigenvalue weighted by molar-refractivity contribution is -0.139. The predicted molar refractivity (Wildman–Crippen MR) is 167 cm³/mol. The molecule has 8 nitrogen and oxygen atoms in total. The second-order valence-corrected chi connectivity index (χ2v) is 13.1. The summed E-state index contributed by atoms with van der Waals surface area (Å²) in [6.07, 6.45) is 6.01. The van der Waals surface area contributed by atoms with E-state index in [0.29, 0.717) is 27.1 Å². The summed E-state index contributed by atoms with van der Waals surface area (Å²) < 4.78 is 32.6. The first-order chi connectivity index (χ1) is 20.0. The number of carbonyl (C=O) groups excluding carboxylic acids is 2. The second-order valence-electron chi connectivity index (χ2n) is 10.4. The molecule has 1 aliphatic rings. The van der Waals surface area contributed by atoms with E-state index in [2.05, 4.69) is 5.32 Å². The van der Waals surface area contributed by atoms with E-state index in [9.17, 15) is 18.0 Å². The Bertz CT molecular complexity index is 1460. The van der Waals surface area contributed by atoms with Crippen molar-refractivity contribution >= 4 is 50.7 Å². The molecule has 2 amide bonds. The maximum Gasteiger partial charge on any atom is 0.244 e. The van der Waals surface area contributed by atoms with E-state index in [1.165, 1.54) is 4.90 Å². The van der Waals surface area contributed by atoms with E-state index in [-0.39, 0.29) is 24.2 Å². The standard InChI is InChI=1S/C31H35Cl2N3O5S/c1-22(31(38)34-23-10-5-3-6-11-23)35(20-27-28(32)14-9-15-29(27)33)30(37)21-36(42(2,39)40)24-16-18-26(19-17-24)41-25-12-7-4-8-13-25/h4,7-9,12-19,22-23H,3,5-6,10-11,20-21H2,1-2H3,(H,34,38)/t22-/m1/s1. The number of hydrogen-bond donors (Lipinski definition) is 1. The molecule has 0 heterocycles. The van der Waals surface area contributed by atoms with Crippen LogP contribution < -0.4 is 14.4 Å². The number of anilines is 1. The third-order valence-electron chi connectivity index (χ3n) is 7.29. The highest BCUT2D eigenvalue weighted by molar-refractivity contribution is 7.92. The fourth-order valence-electron chi connectivity index (χ4n) is 4.92. The SMILES string of the molecule is C[C@H](C(=O)NC1CCCCC1)N(Cc1c(Cl)cccc1Cl)C(=O)CN(c1ccc(Oc2ccccc2)cc1)S(C)(=O)=O. The molecule has 3 aromatic rings. The van der Waals surface area contributed by atoms with Crippen LogP contribution >= 0.6 is 23.2 Å². The van der Waals surface area contributed by atoms with E-state index in [0.717, 1.165) is 42.7 Å². The van der Waals surface area contributed by atoms with Crippen molar-refractivity contribution in [3.8, 4) is 11.5 Å². The highest BCUT2D eigenvalue weighted by atomic mass is 35.5. The van der Waals surface area contributed by atoms with Gasteiger partial charge in [-0.25, -0.2) is 8.42 Å². The molecule has 11 heteroatoms. The molecule has 1 N–H and O–H groups in total. The molecule has 0 spiro atoms. The minimum Gasteiger partial charge on any atom is -0.457 e. The molecule has 0 aromatic heterocycles. The number of sulfonamides is 1. The molecule has 1 saturated carbocycles. The van der Waals surface area contributed by atoms with Gasteiger partial charge in [-0.3, -0.25) is 13.9 Å². The number of amides is 2. The molecule has 42 heavy (non-hydrogen) atoms. The molecule has 3 aromatic carbocycles. The minimum atomic E-state index is -3.88. The van der Waals surface area contributed by atoms with Crippen molar-refractivity contribution in [2.24, 2.45) is 0 Å². The number of benzene rings is 3. The van der Waals surface area contributed by atoms with Crippen molar-refractivity contribution in [3.63, 3.8) is 0 Å². The van der Waals surface area contributed by atoms with Gasteiger partial charge in [0.1, 0.15) is 24.1 Å². The largest absolute Gasteiger partial charge is 0.457 e. The van der Waals surface area contributed by atoms with Crippen LogP contribution in [0.3, 0.4) is 0 Å². The van der Waals surface area contributed by atoms with Crippen LogP contribution in [0.25, 0.3) is 0 Å². The Hall–Kier alpha value is -3.27. The van der Waals surface area contributed by atoms with Gasteiger partial charge in [-0.1, -0.05) is 66.7 Å². The lowest BCUT2D eigenvalue weighted by Crippen LogP contribution is -2.53. The Morgan fingerprint density at radius 1 is 0.905 bits per heavy atom. The molecular weight excluding hydrogens is 597 g/mol. The highest BCUT2D eigenvalue weighted by Crippen LogP contribution is 2.29. The van der Waals surface area contributed by atoms with Crippen molar-refractivity contribution in [1.82, 2.24) is 10.2 Å². The fourth-order valence-corrected chi connectivity index (χ4v) is 6.29. The maximum atomic E-state index is 13.9. The smallest absolute Gasteiger partial charge is 0.244 e. The number of rotatable bonds is 11. The molecule has 0 radical (unpaired) electrons. The molecule has 1 aliphatic carbocycles. The molecule has 0 bridgehead atoms. The van der Waals surface area contributed by atoms with E-state index in [1.54, 1.807) is 61.5 Å². The summed E-state index contributed by atoms with van der Waals surface area (Å²) in [4.78, 5) is 28.5. The van der Waals surface area contributed by atoms with Crippen LogP contribution in [0.5, 0.6) is 11.5 Å². The van der Waals surface area contributed by atoms with E-state index in [4.69, 9.17) is 27.9 Å². The Kier molecular flexibility index (Phi) is 10.8. The van der Waals surface area contributed by atoms with E-state index in [1.807, 2.05) is 18.2 Å². The average molecular weight is 633 g/mol. The summed E-state index contributed by atoms with van der Waals surface area (Å²) in [5.41, 5.74) is 0.751. The summed E-state index contributed by atoms with van der Waals surface area (Å²) in [5, 5.41) is 3.75. The molecule has 224 valence electrons. The zero-order valence-corrected chi connectivity index (χ0v) is 26.0. The van der Waals surface area contributed by atoms with Crippen LogP contribution in [-0.2, 0) is 26.2 Å². The zero-order chi connectivity index (χ0) is 30.3. The lowest BCUT2D eigenvalue weighted by Gasteiger charge is -2.33. The van der Waals surface area contributed by atoms with E-state index >= 15 is 0 Å². The van der Waals surface area contributed by atoms with Gasteiger partial charge in [0.25, 0.3) is 0 Å². The van der Waals surface area contributed by atoms with Gasteiger partial charge in [-0.2, -0.15) is 0 Å². The summed E-state index contributed by atoms with van der Waals surface area (Å²) in [6.45, 7) is 1.03. The third kappa shape index (κ3) is 8.40. The monoisotopic (exact) mass is 631 g/mol. The van der Waals surface area contributed by atoms with Crippen LogP contribution in [0.4, 0.5) is 5.69 Å². The van der Waals surface area contributed by atoms with Gasteiger partial charge in [0.05, 0.1) is 11.9 Å². The van der Waals surface area contributed by atoms with Gasteiger partial charge in [-0.15, -0.1) is 0 Å². The molecule has 0 saturated heterocycles. The topological polar surface area (TPSA) is 96.0 Å². The Balaban J connectivity index is 1.58. The Labute approximate surface area is 257 Å². The van der Waals surface area contributed by atoms with Gasteiger partial charge < -0.3 is 15.0 Å². The first-order valence-corrected chi connectivity index (χ1v) is 16.5. The maximum absolute atomic E-state index is 13.9. The van der Waals surface area contributed by atoms with Crippen molar-refractivity contribution in [2.75, 3.05) is 17.1 Å². The van der Waals surface area contributed by atoms with Crippen molar-refractivity contribution < 1.29 is 22.7 Å². The lowest BCUT2D eigenvalue weighted by atomic mass is 9.95. The molecule has 0 aliphatic heterocycles. The van der Waals surface area contributed by atoms with E-state index < -0.39 is 28.5 Å². The van der Waals surface area contributed by atoms with Gasteiger partial charge in [-0.05, 0) is 68.3 Å². The predicted octanol–water partition coefficient (Wildman–Crippen LogP) is 6.42. The van der Waals surface area contributed by atoms with Crippen LogP contribution in [0.2, 0.25) is 10.0 Å². The van der Waals surface area contributed by atoms with Crippen LogP contribution in [0.1, 0.15) is 44.6 Å². The average Bonchev–Trinajstić information content (AvgIpc) is 2.96. The fraction of sp³-hybridized carbons (Fsp3) is 0.355. The third-order valence-corrected chi connectivity index (χ3v) is 9.14. The summed E-state index contributed by atoms with van der Waals surface area (Å²) in [5.74, 6) is 0.251. The summed E-state index contributed by atoms with van der Waals surface area (Å²) >= 11 is 12.8. The number of ether oxygens (including phenoxy) is 1. The molecule has 0 unspecified atom stereocenters. The van der Waals surface area contributed by atoms with Gasteiger partial charge >= 0.3 is 0 Å². The summed E-state index contributed by atoms with van der Waals surface area (Å²) in [7, 11) is -3.88. The number of carbonyl (C=O) groups is 2. The second kappa shape index (κ2) is 14.3. The number of hydrogen-bond acceptors (Lipinski definition) is 5. The van der Waals surface area contributed by atoms with Gasteiger partial charge in [0, 0.05) is 28.2 Å². The number of para-hydroxylation sites is 1. The molecule has 4 rings (SSSR count). The van der Waals surface area contributed by atoms with Crippen molar-refractivity contribution in [1.29, 1.82) is 0 Å². The number of halogens is 2. The highest BCUT2D eigenvalue weighted by Gasteiger charge is 2.32. The molecule has 1 atom stereocenters. The number of nitrogens with zero attached hydrogens (tertiary/aromatic N) is 2. The van der Waals surface area contributed by atoms with Crippen LogP contribution in [-0.4, -0.2) is 50.0 Å². The first-order valence-electron chi connectivity index (χ1n) is 13.9. The Morgan fingerprint density at radius 2 is 1.50 bits per heavy atom. The Morgan fingerprint density at radius 3 is 2.10 bits per heavy atom. The van der Waals surface area contributed by atoms with Gasteiger partial charge in [0.2, 0.25) is 21.8 Å². The normalized spacial score (nSPS) is 14.6. The van der Waals surface area contributed by atoms with Crippen molar-refractivity contribution in [3.05, 3.63) is 88.4 Å². The molecular formula is C31H35Cl2N3O5S. The minimum absolute atomic E-state index is 0.0405. The quantitative estimate of drug-likeness (QED) is 0.263. The first kappa shape index (κ1) is 31.7. The molecule has 1 fully saturated rings. The summed E-state index contributed by atoms with van der Waals surface area (Å²) in [6, 6.07) is 19.7. The number of nitrogens with one attached hydrogen (secondary N) is 1. The van der Waals surface area contributed by atoms with Crippen LogP contribution in [0, 0.1) is 0 Å². The zero-order valence-electron chi connectivity index (χ0n) is 23.6.